The van der Waals surface area contributed by atoms with E-state index in [1.54, 1.807) is 19.2 Å². The number of halogens is 1. The first-order chi connectivity index (χ1) is 13.8. The molecule has 150 valence electrons. The van der Waals surface area contributed by atoms with Gasteiger partial charge in [-0.2, -0.15) is 0 Å². The maximum absolute atomic E-state index is 13.2. The summed E-state index contributed by atoms with van der Waals surface area (Å²) in [6.45, 7) is 3.86. The molecule has 1 aliphatic rings. The van der Waals surface area contributed by atoms with Gasteiger partial charge in [0.1, 0.15) is 17.1 Å². The second-order valence-electron chi connectivity index (χ2n) is 6.48. The molecule has 3 rings (SSSR count). The third-order valence-corrected chi connectivity index (χ3v) is 5.40. The number of nitrogens with zero attached hydrogens (tertiary/aromatic N) is 1. The van der Waals surface area contributed by atoms with Crippen LogP contribution in [0.15, 0.2) is 40.4 Å². The van der Waals surface area contributed by atoms with Crippen molar-refractivity contribution in [2.45, 2.75) is 13.8 Å². The molecule has 1 fully saturated rings. The van der Waals surface area contributed by atoms with E-state index in [4.69, 9.17) is 21.7 Å². The second kappa shape index (κ2) is 8.34. The minimum atomic E-state index is -0.560. The van der Waals surface area contributed by atoms with E-state index in [-0.39, 0.29) is 10.7 Å². The molecule has 0 aromatic heterocycles. The molecule has 0 aliphatic carbocycles. The maximum Gasteiger partial charge on any atom is 0.270 e. The number of ether oxygens (including phenoxy) is 2. The fourth-order valence-corrected chi connectivity index (χ4v) is 3.88. The summed E-state index contributed by atoms with van der Waals surface area (Å²) in [5.41, 5.74) is 3.07. The van der Waals surface area contributed by atoms with Gasteiger partial charge in [-0.1, -0.05) is 17.7 Å². The van der Waals surface area contributed by atoms with Crippen molar-refractivity contribution in [1.82, 2.24) is 5.32 Å². The van der Waals surface area contributed by atoms with E-state index in [1.165, 1.54) is 18.1 Å². The van der Waals surface area contributed by atoms with Gasteiger partial charge in [0, 0.05) is 11.6 Å². The number of nitrogens with one attached hydrogen (secondary N) is 1. The summed E-state index contributed by atoms with van der Waals surface area (Å²) >= 11 is 8.69. The predicted octanol–water partition coefficient (Wildman–Crippen LogP) is 3.91. The van der Waals surface area contributed by atoms with Crippen molar-refractivity contribution in [1.29, 1.82) is 0 Å². The summed E-state index contributed by atoms with van der Waals surface area (Å²) in [5.74, 6) is -0.0272. The zero-order chi connectivity index (χ0) is 21.3. The van der Waals surface area contributed by atoms with Gasteiger partial charge >= 0.3 is 0 Å². The standard InChI is InChI=1S/C21H19BrN2O4S/c1-11-5-6-16(12(2)7-11)24-20(26)14(19(25)23-21(24)29)8-13-9-15(22)18(28-4)10-17(13)27-3/h5-10H,1-4H3,(H,23,25,29)/b14-8+. The van der Waals surface area contributed by atoms with Gasteiger partial charge in [-0.15, -0.1) is 0 Å². The zero-order valence-corrected chi connectivity index (χ0v) is 18.7. The van der Waals surface area contributed by atoms with E-state index in [0.717, 1.165) is 11.1 Å². The number of aryl methyl sites for hydroxylation is 2. The molecule has 1 N–H and O–H groups in total. The highest BCUT2D eigenvalue weighted by Gasteiger charge is 2.35. The van der Waals surface area contributed by atoms with Crippen LogP contribution in [0.25, 0.3) is 6.08 Å². The topological polar surface area (TPSA) is 67.9 Å². The van der Waals surface area contributed by atoms with Crippen LogP contribution >= 0.6 is 28.1 Å². The van der Waals surface area contributed by atoms with Crippen molar-refractivity contribution in [3.8, 4) is 11.5 Å². The summed E-state index contributed by atoms with van der Waals surface area (Å²) in [4.78, 5) is 27.1. The van der Waals surface area contributed by atoms with Crippen molar-refractivity contribution < 1.29 is 19.1 Å². The lowest BCUT2D eigenvalue weighted by atomic mass is 10.0. The zero-order valence-electron chi connectivity index (χ0n) is 16.3. The normalized spacial score (nSPS) is 15.6. The number of hydrogen-bond donors (Lipinski definition) is 1. The molecule has 8 heteroatoms. The molecule has 2 aromatic rings. The highest BCUT2D eigenvalue weighted by molar-refractivity contribution is 9.10. The molecule has 0 atom stereocenters. The first-order valence-electron chi connectivity index (χ1n) is 8.67. The van der Waals surface area contributed by atoms with Crippen LogP contribution in [-0.4, -0.2) is 31.1 Å². The van der Waals surface area contributed by atoms with Gasteiger partial charge in [-0.05, 0) is 65.8 Å². The highest BCUT2D eigenvalue weighted by Crippen LogP contribution is 2.35. The molecule has 1 aliphatic heterocycles. The fraction of sp³-hybridized carbons (Fsp3) is 0.190. The average molecular weight is 475 g/mol. The van der Waals surface area contributed by atoms with Crippen molar-refractivity contribution in [3.05, 3.63) is 57.1 Å². The van der Waals surface area contributed by atoms with Gasteiger partial charge < -0.3 is 9.47 Å². The first kappa shape index (κ1) is 21.0. The van der Waals surface area contributed by atoms with Crippen molar-refractivity contribution in [2.24, 2.45) is 0 Å². The Morgan fingerprint density at radius 1 is 1.07 bits per heavy atom. The summed E-state index contributed by atoms with van der Waals surface area (Å²) in [6.07, 6.45) is 1.49. The number of carbonyl (C=O) groups is 2. The third-order valence-electron chi connectivity index (χ3n) is 4.50. The predicted molar refractivity (Wildman–Crippen MR) is 119 cm³/mol. The molecular formula is C21H19BrN2O4S. The summed E-state index contributed by atoms with van der Waals surface area (Å²) in [7, 11) is 3.04. The van der Waals surface area contributed by atoms with Gasteiger partial charge in [0.2, 0.25) is 0 Å². The van der Waals surface area contributed by atoms with E-state index >= 15 is 0 Å². The number of anilines is 1. The maximum atomic E-state index is 13.2. The largest absolute Gasteiger partial charge is 0.496 e. The summed E-state index contributed by atoms with van der Waals surface area (Å²) in [5, 5.41) is 2.65. The Labute approximate surface area is 182 Å². The monoisotopic (exact) mass is 474 g/mol. The first-order valence-corrected chi connectivity index (χ1v) is 9.87. The molecular weight excluding hydrogens is 456 g/mol. The molecule has 6 nitrogen and oxygen atoms in total. The molecule has 1 saturated heterocycles. The minimum Gasteiger partial charge on any atom is -0.496 e. The molecule has 1 heterocycles. The van der Waals surface area contributed by atoms with E-state index in [9.17, 15) is 9.59 Å². The van der Waals surface area contributed by atoms with Gasteiger partial charge in [0.05, 0.1) is 24.4 Å². The number of hydrogen-bond acceptors (Lipinski definition) is 5. The molecule has 29 heavy (non-hydrogen) atoms. The third kappa shape index (κ3) is 4.04. The Balaban J connectivity index is 2.10. The molecule has 0 radical (unpaired) electrons. The minimum absolute atomic E-state index is 0.0473. The Hall–Kier alpha value is -2.71. The fourth-order valence-electron chi connectivity index (χ4n) is 3.08. The highest BCUT2D eigenvalue weighted by atomic mass is 79.9. The Morgan fingerprint density at radius 3 is 2.38 bits per heavy atom. The second-order valence-corrected chi connectivity index (χ2v) is 7.72. The van der Waals surface area contributed by atoms with Gasteiger partial charge in [-0.25, -0.2) is 0 Å². The van der Waals surface area contributed by atoms with Crippen LogP contribution in [0.1, 0.15) is 16.7 Å². The number of rotatable bonds is 4. The lowest BCUT2D eigenvalue weighted by molar-refractivity contribution is -0.122. The number of benzene rings is 2. The van der Waals surface area contributed by atoms with E-state index in [1.807, 2.05) is 32.0 Å². The van der Waals surface area contributed by atoms with E-state index in [0.29, 0.717) is 27.2 Å². The van der Waals surface area contributed by atoms with Crippen LogP contribution in [0, 0.1) is 13.8 Å². The number of methoxy groups -OCH3 is 2. The molecule has 0 bridgehead atoms. The van der Waals surface area contributed by atoms with Crippen molar-refractivity contribution in [3.63, 3.8) is 0 Å². The van der Waals surface area contributed by atoms with Crippen LogP contribution in [0.2, 0.25) is 0 Å². The Bertz CT molecular complexity index is 1060. The lowest BCUT2D eigenvalue weighted by Crippen LogP contribution is -2.54. The van der Waals surface area contributed by atoms with Crippen LogP contribution in [0.4, 0.5) is 5.69 Å². The van der Waals surface area contributed by atoms with Crippen LogP contribution in [-0.2, 0) is 9.59 Å². The SMILES string of the molecule is COc1cc(OC)c(/C=C2\C(=O)NC(=S)N(c3ccc(C)cc3C)C2=O)cc1Br. The van der Waals surface area contributed by atoms with Gasteiger partial charge in [-0.3, -0.25) is 19.8 Å². The van der Waals surface area contributed by atoms with Gasteiger partial charge in [0.15, 0.2) is 5.11 Å². The summed E-state index contributed by atoms with van der Waals surface area (Å²) < 4.78 is 11.3. The smallest absolute Gasteiger partial charge is 0.270 e. The van der Waals surface area contributed by atoms with E-state index < -0.39 is 11.8 Å². The number of carbonyl (C=O) groups excluding carboxylic acids is 2. The van der Waals surface area contributed by atoms with Crippen LogP contribution in [0.3, 0.4) is 0 Å². The quantitative estimate of drug-likeness (QED) is 0.413. The Kier molecular flexibility index (Phi) is 6.04. The molecule has 0 saturated carbocycles. The molecule has 2 aromatic carbocycles. The summed E-state index contributed by atoms with van der Waals surface area (Å²) in [6, 6.07) is 9.05. The molecule has 0 spiro atoms. The molecule has 0 unspecified atom stereocenters. The molecule has 2 amide bonds. The van der Waals surface area contributed by atoms with Crippen molar-refractivity contribution >= 4 is 56.8 Å². The number of thiocarbonyl (C=S) groups is 1. The Morgan fingerprint density at radius 2 is 1.76 bits per heavy atom. The number of amides is 2. The average Bonchev–Trinajstić information content (AvgIpc) is 2.66. The van der Waals surface area contributed by atoms with Crippen LogP contribution in [0.5, 0.6) is 11.5 Å². The van der Waals surface area contributed by atoms with Crippen molar-refractivity contribution in [2.75, 3.05) is 19.1 Å². The van der Waals surface area contributed by atoms with E-state index in [2.05, 4.69) is 21.2 Å². The lowest BCUT2D eigenvalue weighted by Gasteiger charge is -2.30. The van der Waals surface area contributed by atoms with Gasteiger partial charge in [0.25, 0.3) is 11.8 Å². The van der Waals surface area contributed by atoms with Crippen LogP contribution < -0.4 is 19.7 Å².